The van der Waals surface area contributed by atoms with Crippen molar-refractivity contribution < 1.29 is 4.79 Å². The summed E-state index contributed by atoms with van der Waals surface area (Å²) in [5.74, 6) is 0.571. The molecule has 94 valence electrons. The zero-order chi connectivity index (χ0) is 12.8. The third kappa shape index (κ3) is 3.74. The van der Waals surface area contributed by atoms with Crippen molar-refractivity contribution in [2.75, 3.05) is 19.0 Å². The second kappa shape index (κ2) is 6.65. The van der Waals surface area contributed by atoms with Gasteiger partial charge in [0.25, 0.3) is 5.91 Å². The van der Waals surface area contributed by atoms with Crippen LogP contribution in [0.2, 0.25) is 0 Å². The lowest BCUT2D eigenvalue weighted by Crippen LogP contribution is -2.33. The highest BCUT2D eigenvalue weighted by molar-refractivity contribution is 6.18. The zero-order valence-corrected chi connectivity index (χ0v) is 11.5. The first-order valence-electron chi connectivity index (χ1n) is 6.02. The van der Waals surface area contributed by atoms with E-state index in [0.717, 1.165) is 24.1 Å². The summed E-state index contributed by atoms with van der Waals surface area (Å²) in [5.41, 5.74) is 3.00. The molecule has 0 bridgehead atoms. The average Bonchev–Trinajstić information content (AvgIpc) is 2.28. The molecular formula is C14H20ClNO. The Labute approximate surface area is 109 Å². The van der Waals surface area contributed by atoms with Gasteiger partial charge in [0.05, 0.1) is 0 Å². The second-order valence-electron chi connectivity index (χ2n) is 4.30. The number of aryl methyl sites for hydroxylation is 2. The number of hydrogen-bond acceptors (Lipinski definition) is 1. The van der Waals surface area contributed by atoms with Crippen LogP contribution in [-0.4, -0.2) is 29.8 Å². The highest BCUT2D eigenvalue weighted by atomic mass is 35.5. The van der Waals surface area contributed by atoms with Crippen LogP contribution >= 0.6 is 11.6 Å². The summed E-state index contributed by atoms with van der Waals surface area (Å²) in [5, 5.41) is 0. The van der Waals surface area contributed by atoms with Gasteiger partial charge in [-0.3, -0.25) is 4.79 Å². The molecule has 0 unspecified atom stereocenters. The summed E-state index contributed by atoms with van der Waals surface area (Å²) in [6.07, 6.45) is 0.952. The van der Waals surface area contributed by atoms with Gasteiger partial charge in [-0.25, -0.2) is 0 Å². The van der Waals surface area contributed by atoms with Crippen molar-refractivity contribution in [3.63, 3.8) is 0 Å². The first-order chi connectivity index (χ1) is 8.10. The van der Waals surface area contributed by atoms with Crippen LogP contribution in [0.3, 0.4) is 0 Å². The highest BCUT2D eigenvalue weighted by Crippen LogP contribution is 2.13. The first-order valence-corrected chi connectivity index (χ1v) is 6.56. The Morgan fingerprint density at radius 3 is 2.53 bits per heavy atom. The van der Waals surface area contributed by atoms with Crippen LogP contribution in [0, 0.1) is 13.8 Å². The van der Waals surface area contributed by atoms with E-state index in [9.17, 15) is 4.79 Å². The number of carbonyl (C=O) groups is 1. The van der Waals surface area contributed by atoms with Crippen molar-refractivity contribution >= 4 is 17.5 Å². The molecular weight excluding hydrogens is 234 g/mol. The highest BCUT2D eigenvalue weighted by Gasteiger charge is 2.16. The Morgan fingerprint density at radius 1 is 1.29 bits per heavy atom. The number of halogens is 1. The third-order valence-corrected chi connectivity index (χ3v) is 2.92. The molecule has 17 heavy (non-hydrogen) atoms. The largest absolute Gasteiger partial charge is 0.337 e. The predicted octanol–water partition coefficient (Wildman–Crippen LogP) is 3.39. The lowest BCUT2D eigenvalue weighted by atomic mass is 10.0. The van der Waals surface area contributed by atoms with Crippen LogP contribution in [0.4, 0.5) is 0 Å². The van der Waals surface area contributed by atoms with Gasteiger partial charge in [0.15, 0.2) is 0 Å². The van der Waals surface area contributed by atoms with Gasteiger partial charge in [-0.15, -0.1) is 11.6 Å². The van der Waals surface area contributed by atoms with E-state index in [1.54, 1.807) is 0 Å². The van der Waals surface area contributed by atoms with Crippen molar-refractivity contribution in [3.8, 4) is 0 Å². The molecule has 0 atom stereocenters. The molecule has 3 heteroatoms. The van der Waals surface area contributed by atoms with Gasteiger partial charge < -0.3 is 4.90 Å². The van der Waals surface area contributed by atoms with Crippen molar-refractivity contribution in [3.05, 3.63) is 34.9 Å². The normalized spacial score (nSPS) is 10.4. The fourth-order valence-electron chi connectivity index (χ4n) is 1.91. The molecule has 1 aromatic carbocycles. The van der Waals surface area contributed by atoms with Crippen molar-refractivity contribution in [2.45, 2.75) is 27.2 Å². The minimum absolute atomic E-state index is 0.0880. The van der Waals surface area contributed by atoms with Crippen LogP contribution in [0.25, 0.3) is 0 Å². The number of nitrogens with zero attached hydrogens (tertiary/aromatic N) is 1. The molecule has 2 nitrogen and oxygen atoms in total. The average molecular weight is 254 g/mol. The fourth-order valence-corrected chi connectivity index (χ4v) is 2.11. The smallest absolute Gasteiger partial charge is 0.254 e. The fraction of sp³-hybridized carbons (Fsp3) is 0.500. The summed E-state index contributed by atoms with van der Waals surface area (Å²) in [7, 11) is 0. The Bertz CT molecular complexity index is 384. The number of rotatable bonds is 5. The minimum atomic E-state index is 0.0880. The second-order valence-corrected chi connectivity index (χ2v) is 4.68. The van der Waals surface area contributed by atoms with Gasteiger partial charge in [-0.05, 0) is 31.9 Å². The molecule has 0 aromatic heterocycles. The molecule has 0 heterocycles. The zero-order valence-electron chi connectivity index (χ0n) is 10.8. The molecule has 0 spiro atoms. The maximum Gasteiger partial charge on any atom is 0.254 e. The maximum atomic E-state index is 12.3. The lowest BCUT2D eigenvalue weighted by molar-refractivity contribution is 0.0765. The van der Waals surface area contributed by atoms with Crippen molar-refractivity contribution in [2.24, 2.45) is 0 Å². The van der Waals surface area contributed by atoms with E-state index in [2.05, 4.69) is 6.92 Å². The van der Waals surface area contributed by atoms with Gasteiger partial charge in [0, 0.05) is 24.5 Å². The monoisotopic (exact) mass is 253 g/mol. The van der Waals surface area contributed by atoms with Crippen LogP contribution in [0.15, 0.2) is 18.2 Å². The van der Waals surface area contributed by atoms with Crippen LogP contribution < -0.4 is 0 Å². The molecule has 1 amide bonds. The lowest BCUT2D eigenvalue weighted by Gasteiger charge is -2.22. The summed E-state index contributed by atoms with van der Waals surface area (Å²) >= 11 is 5.73. The molecule has 0 radical (unpaired) electrons. The predicted molar refractivity (Wildman–Crippen MR) is 72.8 cm³/mol. The van der Waals surface area contributed by atoms with Gasteiger partial charge >= 0.3 is 0 Å². The number of carbonyl (C=O) groups excluding carboxylic acids is 1. The molecule has 0 saturated heterocycles. The van der Waals surface area contributed by atoms with E-state index in [1.807, 2.05) is 36.9 Å². The Kier molecular flexibility index (Phi) is 5.49. The van der Waals surface area contributed by atoms with Gasteiger partial charge in [0.1, 0.15) is 0 Å². The van der Waals surface area contributed by atoms with E-state index in [-0.39, 0.29) is 5.91 Å². The van der Waals surface area contributed by atoms with E-state index in [0.29, 0.717) is 12.4 Å². The van der Waals surface area contributed by atoms with Gasteiger partial charge in [-0.1, -0.05) is 24.6 Å². The molecule has 1 rings (SSSR count). The van der Waals surface area contributed by atoms with Crippen LogP contribution in [-0.2, 0) is 0 Å². The molecule has 1 aromatic rings. The van der Waals surface area contributed by atoms with E-state index in [1.165, 1.54) is 5.56 Å². The number of amides is 1. The van der Waals surface area contributed by atoms with E-state index in [4.69, 9.17) is 11.6 Å². The summed E-state index contributed by atoms with van der Waals surface area (Å²) in [4.78, 5) is 14.1. The standard InChI is InChI=1S/C14H20ClNO/c1-4-8-16(9-7-15)14(17)13-6-5-11(2)10-12(13)3/h5-6,10H,4,7-9H2,1-3H3. The maximum absolute atomic E-state index is 12.3. The van der Waals surface area contributed by atoms with Crippen LogP contribution in [0.1, 0.15) is 34.8 Å². The molecule has 0 aliphatic heterocycles. The Hall–Kier alpha value is -1.02. The molecule has 0 aliphatic rings. The molecule has 0 aliphatic carbocycles. The minimum Gasteiger partial charge on any atom is -0.337 e. The quantitative estimate of drug-likeness (QED) is 0.737. The summed E-state index contributed by atoms with van der Waals surface area (Å²) < 4.78 is 0. The van der Waals surface area contributed by atoms with Gasteiger partial charge in [-0.2, -0.15) is 0 Å². The van der Waals surface area contributed by atoms with E-state index < -0.39 is 0 Å². The third-order valence-electron chi connectivity index (χ3n) is 2.75. The van der Waals surface area contributed by atoms with Gasteiger partial charge in [0.2, 0.25) is 0 Å². The summed E-state index contributed by atoms with van der Waals surface area (Å²) in [6, 6.07) is 5.92. The SMILES string of the molecule is CCCN(CCCl)C(=O)c1ccc(C)cc1C. The molecule has 0 fully saturated rings. The van der Waals surface area contributed by atoms with Crippen molar-refractivity contribution in [1.29, 1.82) is 0 Å². The Balaban J connectivity index is 2.92. The number of hydrogen-bond donors (Lipinski definition) is 0. The number of benzene rings is 1. The molecule has 0 N–H and O–H groups in total. The Morgan fingerprint density at radius 2 is 2.00 bits per heavy atom. The van der Waals surface area contributed by atoms with Crippen molar-refractivity contribution in [1.82, 2.24) is 4.90 Å². The van der Waals surface area contributed by atoms with Crippen LogP contribution in [0.5, 0.6) is 0 Å². The topological polar surface area (TPSA) is 20.3 Å². The van der Waals surface area contributed by atoms with E-state index >= 15 is 0 Å². The number of alkyl halides is 1. The summed E-state index contributed by atoms with van der Waals surface area (Å²) in [6.45, 7) is 7.45. The first kappa shape index (κ1) is 14.0. The molecule has 0 saturated carbocycles.